The van der Waals surface area contributed by atoms with Crippen molar-refractivity contribution in [2.45, 2.75) is 19.4 Å². The van der Waals surface area contributed by atoms with E-state index >= 15 is 0 Å². The first-order valence-corrected chi connectivity index (χ1v) is 4.42. The van der Waals surface area contributed by atoms with Gasteiger partial charge in [0, 0.05) is 19.1 Å². The zero-order chi connectivity index (χ0) is 9.26. The first-order chi connectivity index (χ1) is 6.25. The summed E-state index contributed by atoms with van der Waals surface area (Å²) in [6.07, 6.45) is 2.74. The van der Waals surface area contributed by atoms with Gasteiger partial charge in [-0.15, -0.1) is 5.10 Å². The van der Waals surface area contributed by atoms with Crippen molar-refractivity contribution in [3.8, 4) is 0 Å². The monoisotopic (exact) mass is 179 g/mol. The summed E-state index contributed by atoms with van der Waals surface area (Å²) in [7, 11) is 0. The van der Waals surface area contributed by atoms with Gasteiger partial charge in [0.15, 0.2) is 0 Å². The van der Waals surface area contributed by atoms with Crippen molar-refractivity contribution in [3.63, 3.8) is 0 Å². The molecule has 2 N–H and O–H groups in total. The maximum absolute atomic E-state index is 5.77. The quantitative estimate of drug-likeness (QED) is 0.642. The van der Waals surface area contributed by atoms with E-state index in [1.807, 2.05) is 6.92 Å². The fourth-order valence-corrected chi connectivity index (χ4v) is 1.44. The van der Waals surface area contributed by atoms with Gasteiger partial charge in [0.05, 0.1) is 11.9 Å². The molecule has 0 bridgehead atoms. The molecule has 2 heterocycles. The number of anilines is 1. The van der Waals surface area contributed by atoms with E-state index in [0.29, 0.717) is 5.95 Å². The van der Waals surface area contributed by atoms with Crippen molar-refractivity contribution >= 4 is 5.95 Å². The summed E-state index contributed by atoms with van der Waals surface area (Å²) < 4.78 is 0. The van der Waals surface area contributed by atoms with Gasteiger partial charge in [0.25, 0.3) is 0 Å². The minimum atomic E-state index is 0.255. The Morgan fingerprint density at radius 1 is 1.54 bits per heavy atom. The Balaban J connectivity index is 2.13. The molecule has 5 nitrogen and oxygen atoms in total. The maximum Gasteiger partial charge on any atom is 0.245 e. The van der Waals surface area contributed by atoms with E-state index in [1.165, 1.54) is 0 Å². The van der Waals surface area contributed by atoms with Crippen molar-refractivity contribution in [2.24, 2.45) is 5.73 Å². The second kappa shape index (κ2) is 3.26. The zero-order valence-electron chi connectivity index (χ0n) is 7.64. The first-order valence-electron chi connectivity index (χ1n) is 4.42. The van der Waals surface area contributed by atoms with Crippen LogP contribution >= 0.6 is 0 Å². The van der Waals surface area contributed by atoms with Crippen LogP contribution in [0.5, 0.6) is 0 Å². The molecule has 1 aliphatic rings. The van der Waals surface area contributed by atoms with Gasteiger partial charge in [-0.2, -0.15) is 5.10 Å². The predicted octanol–water partition coefficient (Wildman–Crippen LogP) is -0.283. The molecule has 1 atom stereocenters. The number of nitrogens with two attached hydrogens (primary N) is 1. The number of rotatable bonds is 1. The highest BCUT2D eigenvalue weighted by Crippen LogP contribution is 2.13. The van der Waals surface area contributed by atoms with Crippen LogP contribution in [0.3, 0.4) is 0 Å². The fourth-order valence-electron chi connectivity index (χ4n) is 1.44. The summed E-state index contributed by atoms with van der Waals surface area (Å²) in [6.45, 7) is 3.65. The molecular weight excluding hydrogens is 166 g/mol. The molecule has 5 heteroatoms. The Morgan fingerprint density at radius 3 is 2.92 bits per heavy atom. The molecule has 1 aromatic heterocycles. The van der Waals surface area contributed by atoms with Gasteiger partial charge in [0.2, 0.25) is 5.95 Å². The van der Waals surface area contributed by atoms with E-state index in [1.54, 1.807) is 6.20 Å². The molecule has 1 aliphatic heterocycles. The van der Waals surface area contributed by atoms with E-state index in [9.17, 15) is 0 Å². The van der Waals surface area contributed by atoms with Crippen LogP contribution in [0, 0.1) is 6.92 Å². The molecule has 0 amide bonds. The highest BCUT2D eigenvalue weighted by Gasteiger charge is 2.21. The van der Waals surface area contributed by atoms with Crippen molar-refractivity contribution < 1.29 is 0 Å². The van der Waals surface area contributed by atoms with Crippen molar-refractivity contribution in [1.29, 1.82) is 0 Å². The molecule has 1 aromatic rings. The second-order valence-electron chi connectivity index (χ2n) is 3.39. The van der Waals surface area contributed by atoms with Gasteiger partial charge < -0.3 is 10.6 Å². The summed E-state index contributed by atoms with van der Waals surface area (Å²) in [5.41, 5.74) is 6.61. The summed E-state index contributed by atoms with van der Waals surface area (Å²) in [4.78, 5) is 6.26. The molecule has 0 spiro atoms. The lowest BCUT2D eigenvalue weighted by atomic mass is 10.3. The first kappa shape index (κ1) is 8.37. The normalized spacial score (nSPS) is 22.3. The summed E-state index contributed by atoms with van der Waals surface area (Å²) in [5.74, 6) is 0.693. The van der Waals surface area contributed by atoms with Crippen molar-refractivity contribution in [1.82, 2.24) is 15.2 Å². The lowest BCUT2D eigenvalue weighted by Gasteiger charge is -2.13. The molecule has 2 rings (SSSR count). The van der Waals surface area contributed by atoms with E-state index in [-0.39, 0.29) is 6.04 Å². The minimum Gasteiger partial charge on any atom is -0.338 e. The Kier molecular flexibility index (Phi) is 2.10. The van der Waals surface area contributed by atoms with Crippen LogP contribution in [0.25, 0.3) is 0 Å². The predicted molar refractivity (Wildman–Crippen MR) is 49.4 cm³/mol. The number of aryl methyl sites for hydroxylation is 1. The van der Waals surface area contributed by atoms with Crippen molar-refractivity contribution in [2.75, 3.05) is 18.0 Å². The number of hydrogen-bond acceptors (Lipinski definition) is 5. The van der Waals surface area contributed by atoms with Crippen LogP contribution in [-0.2, 0) is 0 Å². The third-order valence-electron chi connectivity index (χ3n) is 2.17. The van der Waals surface area contributed by atoms with E-state index in [2.05, 4.69) is 20.1 Å². The number of aromatic nitrogens is 3. The van der Waals surface area contributed by atoms with Crippen LogP contribution in [0.1, 0.15) is 12.1 Å². The topological polar surface area (TPSA) is 67.9 Å². The Morgan fingerprint density at radius 2 is 2.38 bits per heavy atom. The van der Waals surface area contributed by atoms with Gasteiger partial charge >= 0.3 is 0 Å². The molecule has 0 aromatic carbocycles. The smallest absolute Gasteiger partial charge is 0.245 e. The van der Waals surface area contributed by atoms with Crippen LogP contribution in [0.15, 0.2) is 6.20 Å². The lowest BCUT2D eigenvalue weighted by Crippen LogP contribution is -2.27. The van der Waals surface area contributed by atoms with Crippen LogP contribution in [0.2, 0.25) is 0 Å². The lowest BCUT2D eigenvalue weighted by molar-refractivity contribution is 0.748. The molecule has 1 saturated heterocycles. The Bertz CT molecular complexity index is 283. The molecular formula is C8H13N5. The molecule has 0 radical (unpaired) electrons. The van der Waals surface area contributed by atoms with Crippen LogP contribution < -0.4 is 10.6 Å². The van der Waals surface area contributed by atoms with Gasteiger partial charge in [-0.1, -0.05) is 0 Å². The minimum absolute atomic E-state index is 0.255. The average Bonchev–Trinajstić information content (AvgIpc) is 2.53. The summed E-state index contributed by atoms with van der Waals surface area (Å²) in [5, 5.41) is 7.96. The second-order valence-corrected chi connectivity index (χ2v) is 3.39. The Labute approximate surface area is 77.0 Å². The van der Waals surface area contributed by atoms with Crippen LogP contribution in [0.4, 0.5) is 5.95 Å². The van der Waals surface area contributed by atoms with Gasteiger partial charge in [-0.25, -0.2) is 4.98 Å². The fraction of sp³-hybridized carbons (Fsp3) is 0.625. The zero-order valence-corrected chi connectivity index (χ0v) is 7.64. The molecule has 70 valence electrons. The van der Waals surface area contributed by atoms with Gasteiger partial charge in [-0.3, -0.25) is 0 Å². The highest BCUT2D eigenvalue weighted by atomic mass is 15.3. The summed E-state index contributed by atoms with van der Waals surface area (Å²) in [6, 6.07) is 0.255. The third kappa shape index (κ3) is 1.75. The van der Waals surface area contributed by atoms with Crippen molar-refractivity contribution in [3.05, 3.63) is 11.9 Å². The number of hydrogen-bond donors (Lipinski definition) is 1. The highest BCUT2D eigenvalue weighted by molar-refractivity contribution is 5.30. The standard InChI is InChI=1S/C8H13N5/c1-6-4-10-8(12-11-6)13-3-2-7(9)5-13/h4,7H,2-3,5,9H2,1H3. The molecule has 1 unspecified atom stereocenters. The third-order valence-corrected chi connectivity index (χ3v) is 2.17. The molecule has 1 fully saturated rings. The molecule has 0 saturated carbocycles. The van der Waals surface area contributed by atoms with E-state index in [4.69, 9.17) is 5.73 Å². The van der Waals surface area contributed by atoms with Gasteiger partial charge in [0.1, 0.15) is 0 Å². The molecule has 0 aliphatic carbocycles. The van der Waals surface area contributed by atoms with E-state index in [0.717, 1.165) is 25.2 Å². The Hall–Kier alpha value is -1.23. The van der Waals surface area contributed by atoms with Gasteiger partial charge in [-0.05, 0) is 13.3 Å². The van der Waals surface area contributed by atoms with E-state index < -0.39 is 0 Å². The SMILES string of the molecule is Cc1cnc(N2CCC(N)C2)nn1. The average molecular weight is 179 g/mol. The molecule has 13 heavy (non-hydrogen) atoms. The maximum atomic E-state index is 5.77. The largest absolute Gasteiger partial charge is 0.338 e. The van der Waals surface area contributed by atoms with Crippen LogP contribution in [-0.4, -0.2) is 34.3 Å². The number of nitrogens with zero attached hydrogens (tertiary/aromatic N) is 4. The summed E-state index contributed by atoms with van der Waals surface area (Å²) >= 11 is 0.